The zero-order valence-electron chi connectivity index (χ0n) is 22.0. The molecule has 0 aromatic carbocycles. The third-order valence-electron chi connectivity index (χ3n) is 6.12. The molecule has 0 aromatic rings. The zero-order valence-corrected chi connectivity index (χ0v) is 23.0. The van der Waals surface area contributed by atoms with Crippen molar-refractivity contribution < 1.29 is 9.22 Å². The fraction of sp³-hybridized carbons (Fsp3) is 0.679. The van der Waals surface area contributed by atoms with Gasteiger partial charge in [-0.2, -0.15) is 0 Å². The molecule has 0 saturated heterocycles. The SMILES string of the molecule is CC(C)=CCC/C(C)=C/CC/C(C)=C/C(CC#CC=O)O[Si](C(C)C)(C(C)C)C(C)C. The van der Waals surface area contributed by atoms with Crippen molar-refractivity contribution in [1.82, 2.24) is 0 Å². The first-order chi connectivity index (χ1) is 14.5. The normalized spacial score (nSPS) is 14.0. The Morgan fingerprint density at radius 1 is 0.839 bits per heavy atom. The van der Waals surface area contributed by atoms with E-state index in [9.17, 15) is 4.79 Å². The van der Waals surface area contributed by atoms with Crippen LogP contribution in [-0.4, -0.2) is 20.7 Å². The second-order valence-electron chi connectivity index (χ2n) is 10.0. The topological polar surface area (TPSA) is 26.3 Å². The molecule has 0 N–H and O–H groups in total. The highest BCUT2D eigenvalue weighted by Crippen LogP contribution is 2.43. The summed E-state index contributed by atoms with van der Waals surface area (Å²) in [7, 11) is -2.01. The van der Waals surface area contributed by atoms with Gasteiger partial charge in [0.15, 0.2) is 6.29 Å². The fourth-order valence-corrected chi connectivity index (χ4v) is 10.1. The van der Waals surface area contributed by atoms with Gasteiger partial charge in [0.1, 0.15) is 0 Å². The molecule has 0 saturated carbocycles. The van der Waals surface area contributed by atoms with E-state index in [1.165, 1.54) is 16.7 Å². The van der Waals surface area contributed by atoms with Crippen LogP contribution in [0.4, 0.5) is 0 Å². The molecule has 0 spiro atoms. The Hall–Kier alpha value is -1.37. The van der Waals surface area contributed by atoms with Crippen molar-refractivity contribution in [2.45, 2.75) is 124 Å². The van der Waals surface area contributed by atoms with Gasteiger partial charge in [-0.15, -0.1) is 0 Å². The summed E-state index contributed by atoms with van der Waals surface area (Å²) in [4.78, 5) is 10.7. The number of carbonyl (C=O) groups is 1. The molecule has 0 amide bonds. The molecule has 3 heteroatoms. The number of rotatable bonds is 13. The van der Waals surface area contributed by atoms with Gasteiger partial charge in [0.25, 0.3) is 0 Å². The average molecular weight is 445 g/mol. The maximum atomic E-state index is 10.7. The van der Waals surface area contributed by atoms with E-state index in [4.69, 9.17) is 4.43 Å². The van der Waals surface area contributed by atoms with Crippen LogP contribution in [0, 0.1) is 11.8 Å². The summed E-state index contributed by atoms with van der Waals surface area (Å²) < 4.78 is 6.96. The van der Waals surface area contributed by atoms with Gasteiger partial charge in [-0.1, -0.05) is 82.4 Å². The van der Waals surface area contributed by atoms with Crippen molar-refractivity contribution in [3.63, 3.8) is 0 Å². The van der Waals surface area contributed by atoms with Crippen LogP contribution in [0.15, 0.2) is 34.9 Å². The highest BCUT2D eigenvalue weighted by atomic mass is 28.4. The van der Waals surface area contributed by atoms with Crippen molar-refractivity contribution in [1.29, 1.82) is 0 Å². The lowest BCUT2D eigenvalue weighted by Crippen LogP contribution is -2.50. The van der Waals surface area contributed by atoms with Crippen molar-refractivity contribution in [3.8, 4) is 11.8 Å². The summed E-state index contributed by atoms with van der Waals surface area (Å²) in [5, 5.41) is 0. The predicted octanol–water partition coefficient (Wildman–Crippen LogP) is 8.56. The number of aldehydes is 1. The molecular weight excluding hydrogens is 396 g/mol. The lowest BCUT2D eigenvalue weighted by atomic mass is 10.0. The molecule has 176 valence electrons. The van der Waals surface area contributed by atoms with Crippen molar-refractivity contribution >= 4 is 14.6 Å². The summed E-state index contributed by atoms with van der Waals surface area (Å²) in [5.74, 6) is 5.58. The van der Waals surface area contributed by atoms with E-state index in [1.54, 1.807) is 0 Å². The van der Waals surface area contributed by atoms with Crippen LogP contribution in [0.1, 0.15) is 101 Å². The fourth-order valence-electron chi connectivity index (χ4n) is 4.64. The summed E-state index contributed by atoms with van der Waals surface area (Å²) in [6, 6.07) is 0. The molecule has 1 atom stereocenters. The number of hydrogen-bond acceptors (Lipinski definition) is 2. The van der Waals surface area contributed by atoms with Crippen LogP contribution in [0.2, 0.25) is 16.6 Å². The van der Waals surface area contributed by atoms with E-state index in [2.05, 4.69) is 99.3 Å². The van der Waals surface area contributed by atoms with Gasteiger partial charge < -0.3 is 4.43 Å². The highest BCUT2D eigenvalue weighted by molar-refractivity contribution is 6.77. The molecule has 2 nitrogen and oxygen atoms in total. The lowest BCUT2D eigenvalue weighted by Gasteiger charge is -2.44. The van der Waals surface area contributed by atoms with Crippen LogP contribution >= 0.6 is 0 Å². The van der Waals surface area contributed by atoms with Gasteiger partial charge in [0.05, 0.1) is 6.10 Å². The monoisotopic (exact) mass is 444 g/mol. The minimum Gasteiger partial charge on any atom is -0.409 e. The number of allylic oxidation sites excluding steroid dienone is 5. The van der Waals surface area contributed by atoms with Crippen molar-refractivity contribution in [3.05, 3.63) is 34.9 Å². The Kier molecular flexibility index (Phi) is 14.7. The van der Waals surface area contributed by atoms with E-state index in [0.717, 1.165) is 25.7 Å². The average Bonchev–Trinajstić information content (AvgIpc) is 2.64. The van der Waals surface area contributed by atoms with Crippen LogP contribution in [0.3, 0.4) is 0 Å². The third-order valence-corrected chi connectivity index (χ3v) is 12.2. The summed E-state index contributed by atoms with van der Waals surface area (Å²) >= 11 is 0. The van der Waals surface area contributed by atoms with Gasteiger partial charge in [0.2, 0.25) is 8.32 Å². The zero-order chi connectivity index (χ0) is 24.0. The molecule has 0 aliphatic heterocycles. The van der Waals surface area contributed by atoms with E-state index in [0.29, 0.717) is 29.3 Å². The molecule has 0 aliphatic carbocycles. The molecule has 0 bridgehead atoms. The first-order valence-corrected chi connectivity index (χ1v) is 14.2. The van der Waals surface area contributed by atoms with Crippen molar-refractivity contribution in [2.24, 2.45) is 0 Å². The Balaban J connectivity index is 5.38. The van der Waals surface area contributed by atoms with Crippen LogP contribution in [0.25, 0.3) is 0 Å². The van der Waals surface area contributed by atoms with Crippen molar-refractivity contribution in [2.75, 3.05) is 0 Å². The smallest absolute Gasteiger partial charge is 0.201 e. The van der Waals surface area contributed by atoms with Crippen LogP contribution in [0.5, 0.6) is 0 Å². The van der Waals surface area contributed by atoms with E-state index < -0.39 is 8.32 Å². The molecule has 0 fully saturated rings. The Morgan fingerprint density at radius 2 is 1.35 bits per heavy atom. The lowest BCUT2D eigenvalue weighted by molar-refractivity contribution is -0.103. The molecule has 0 aliphatic rings. The van der Waals surface area contributed by atoms with Gasteiger partial charge >= 0.3 is 0 Å². The molecule has 0 radical (unpaired) electrons. The van der Waals surface area contributed by atoms with Crippen LogP contribution in [-0.2, 0) is 9.22 Å². The predicted molar refractivity (Wildman–Crippen MR) is 140 cm³/mol. The second-order valence-corrected chi connectivity index (χ2v) is 15.4. The van der Waals surface area contributed by atoms with Gasteiger partial charge in [-0.05, 0) is 75.9 Å². The van der Waals surface area contributed by atoms with E-state index >= 15 is 0 Å². The second kappa shape index (κ2) is 15.4. The minimum atomic E-state index is -2.01. The Morgan fingerprint density at radius 3 is 1.84 bits per heavy atom. The first kappa shape index (κ1) is 29.6. The molecule has 0 aromatic heterocycles. The number of carbonyl (C=O) groups excluding carboxylic acids is 1. The summed E-state index contributed by atoms with van der Waals surface area (Å²) in [6.45, 7) is 22.6. The maximum Gasteiger partial charge on any atom is 0.201 e. The summed E-state index contributed by atoms with van der Waals surface area (Å²) in [6.07, 6.45) is 12.5. The molecule has 0 heterocycles. The third kappa shape index (κ3) is 11.2. The molecule has 0 rings (SSSR count). The largest absolute Gasteiger partial charge is 0.409 e. The molecular formula is C28H48O2Si. The van der Waals surface area contributed by atoms with Gasteiger partial charge in [-0.25, -0.2) is 0 Å². The van der Waals surface area contributed by atoms with Gasteiger partial charge in [0, 0.05) is 6.42 Å². The van der Waals surface area contributed by atoms with Gasteiger partial charge in [-0.3, -0.25) is 4.79 Å². The van der Waals surface area contributed by atoms with Crippen LogP contribution < -0.4 is 0 Å². The van der Waals surface area contributed by atoms with E-state index in [-0.39, 0.29) is 6.10 Å². The maximum absolute atomic E-state index is 10.7. The summed E-state index contributed by atoms with van der Waals surface area (Å²) in [5.41, 5.74) is 5.75. The quantitative estimate of drug-likeness (QED) is 0.123. The Bertz CT molecular complexity index is 658. The first-order valence-electron chi connectivity index (χ1n) is 12.0. The molecule has 31 heavy (non-hydrogen) atoms. The standard InChI is InChI=1S/C28H48O2Si/c1-22(2)15-13-16-26(9)17-14-18-27(10)21-28(19-11-12-20-29)30-31(23(3)4,24(5)6)25(7)8/h15,17,20-21,23-25,28H,13-14,16,18-19H2,1-10H3/b26-17+,27-21+. The van der Waals surface area contributed by atoms with E-state index in [1.807, 2.05) is 0 Å². The molecule has 1 unspecified atom stereocenters. The minimum absolute atomic E-state index is 0.0472. The Labute approximate surface area is 194 Å². The highest BCUT2D eigenvalue weighted by Gasteiger charge is 2.46. The number of hydrogen-bond donors (Lipinski definition) is 0.